The molecule has 0 heterocycles. The van der Waals surface area contributed by atoms with Gasteiger partial charge in [0.1, 0.15) is 0 Å². The maximum atomic E-state index is 13.2. The van der Waals surface area contributed by atoms with Crippen LogP contribution in [0.3, 0.4) is 0 Å². The van der Waals surface area contributed by atoms with Crippen LogP contribution in [0.1, 0.15) is 31.1 Å². The molecule has 0 fully saturated rings. The van der Waals surface area contributed by atoms with Gasteiger partial charge in [-0.25, -0.2) is 19.2 Å². The first-order valence-electron chi connectivity index (χ1n) is 10.5. The lowest BCUT2D eigenvalue weighted by Gasteiger charge is -2.24. The molecule has 0 saturated carbocycles. The number of carboxylic acid groups (broad SMARTS) is 1. The predicted molar refractivity (Wildman–Crippen MR) is 125 cm³/mol. The van der Waals surface area contributed by atoms with Crippen LogP contribution in [-0.4, -0.2) is 54.2 Å². The minimum atomic E-state index is -2.21. The second-order valence-corrected chi connectivity index (χ2v) is 7.25. The highest BCUT2D eigenvalue weighted by molar-refractivity contribution is 6.05. The molecule has 0 spiro atoms. The maximum absolute atomic E-state index is 13.2. The zero-order valence-corrected chi connectivity index (χ0v) is 19.0. The molecular weight excluding hydrogens is 470 g/mol. The number of carbonyl (C=O) groups is 5. The van der Waals surface area contributed by atoms with E-state index in [4.69, 9.17) is 9.47 Å². The average molecular weight is 491 g/mol. The Morgan fingerprint density at radius 3 is 1.64 bits per heavy atom. The predicted octanol–water partition coefficient (Wildman–Crippen LogP) is 2.95. The fourth-order valence-corrected chi connectivity index (χ4v) is 3.09. The summed E-state index contributed by atoms with van der Waals surface area (Å²) in [5, 5.41) is 12.2. The highest BCUT2D eigenvalue weighted by Gasteiger charge is 2.41. The number of methoxy groups -OCH3 is 1. The number of carboxylic acids is 1. The topological polar surface area (TPSA) is 145 Å². The molecule has 2 atom stereocenters. The van der Waals surface area contributed by atoms with Gasteiger partial charge in [0, 0.05) is 0 Å². The van der Waals surface area contributed by atoms with Crippen molar-refractivity contribution in [3.63, 3.8) is 0 Å². The highest BCUT2D eigenvalue weighted by atomic mass is 16.6. The zero-order chi connectivity index (χ0) is 26.1. The molecule has 0 saturated heterocycles. The second-order valence-electron chi connectivity index (χ2n) is 7.25. The van der Waals surface area contributed by atoms with E-state index in [1.165, 1.54) is 60.7 Å². The Labute approximate surface area is 205 Å². The van der Waals surface area contributed by atoms with Crippen molar-refractivity contribution in [1.82, 2.24) is 0 Å². The molecule has 0 aromatic heterocycles. The van der Waals surface area contributed by atoms with Gasteiger partial charge in [0.2, 0.25) is 12.2 Å². The van der Waals surface area contributed by atoms with Gasteiger partial charge >= 0.3 is 23.9 Å². The van der Waals surface area contributed by atoms with E-state index in [-0.39, 0.29) is 22.4 Å². The Kier molecular flexibility index (Phi) is 8.49. The van der Waals surface area contributed by atoms with Crippen molar-refractivity contribution in [2.75, 3.05) is 12.4 Å². The van der Waals surface area contributed by atoms with Gasteiger partial charge in [-0.15, -0.1) is 0 Å². The van der Waals surface area contributed by atoms with Crippen molar-refractivity contribution in [2.45, 2.75) is 12.2 Å². The minimum absolute atomic E-state index is 0.0216. The van der Waals surface area contributed by atoms with E-state index in [1.807, 2.05) is 0 Å². The van der Waals surface area contributed by atoms with E-state index >= 15 is 0 Å². The Balaban J connectivity index is 1.95. The molecule has 2 N–H and O–H groups in total. The summed E-state index contributed by atoms with van der Waals surface area (Å²) in [7, 11) is 1.15. The first-order valence-corrected chi connectivity index (χ1v) is 10.5. The Bertz CT molecular complexity index is 1260. The molecule has 0 bridgehead atoms. The van der Waals surface area contributed by atoms with Crippen molar-refractivity contribution in [1.29, 1.82) is 0 Å². The van der Waals surface area contributed by atoms with Crippen molar-refractivity contribution < 1.29 is 43.3 Å². The number of aliphatic carboxylic acids is 1. The lowest BCUT2D eigenvalue weighted by atomic mass is 10.1. The van der Waals surface area contributed by atoms with E-state index in [1.54, 1.807) is 24.3 Å². The molecule has 3 rings (SSSR count). The van der Waals surface area contributed by atoms with E-state index in [9.17, 15) is 29.1 Å². The quantitative estimate of drug-likeness (QED) is 0.341. The van der Waals surface area contributed by atoms with E-state index in [2.05, 4.69) is 10.1 Å². The second kappa shape index (κ2) is 11.9. The first kappa shape index (κ1) is 25.6. The van der Waals surface area contributed by atoms with E-state index in [0.717, 1.165) is 7.11 Å². The number of rotatable bonds is 9. The Hall–Kier alpha value is -4.99. The van der Waals surface area contributed by atoms with Crippen LogP contribution in [0.4, 0.5) is 5.69 Å². The molecule has 0 aliphatic rings. The van der Waals surface area contributed by atoms with Gasteiger partial charge in [0.15, 0.2) is 0 Å². The summed E-state index contributed by atoms with van der Waals surface area (Å²) in [6.45, 7) is 0. The summed E-state index contributed by atoms with van der Waals surface area (Å²) in [6, 6.07) is 20.8. The Morgan fingerprint density at radius 1 is 0.667 bits per heavy atom. The van der Waals surface area contributed by atoms with Crippen molar-refractivity contribution in [2.24, 2.45) is 0 Å². The number of benzene rings is 3. The lowest BCUT2D eigenvalue weighted by Crippen LogP contribution is -2.48. The molecule has 3 aromatic carbocycles. The fraction of sp³-hybridized carbons (Fsp3) is 0.115. The third-order valence-electron chi connectivity index (χ3n) is 4.85. The largest absolute Gasteiger partial charge is 0.478 e. The van der Waals surface area contributed by atoms with Crippen molar-refractivity contribution in [3.05, 3.63) is 102 Å². The molecule has 0 aliphatic heterocycles. The van der Waals surface area contributed by atoms with Crippen LogP contribution in [0.25, 0.3) is 0 Å². The number of hydrogen-bond donors (Lipinski definition) is 2. The van der Waals surface area contributed by atoms with Crippen LogP contribution in [0.2, 0.25) is 0 Å². The van der Waals surface area contributed by atoms with Gasteiger partial charge in [-0.1, -0.05) is 48.5 Å². The summed E-state index contributed by atoms with van der Waals surface area (Å²) < 4.78 is 15.0. The lowest BCUT2D eigenvalue weighted by molar-refractivity contribution is -0.157. The number of carbonyl (C=O) groups excluding carboxylic acids is 4. The fourth-order valence-electron chi connectivity index (χ4n) is 3.09. The number of ether oxygens (including phenoxy) is 3. The van der Waals surface area contributed by atoms with Crippen LogP contribution in [0.5, 0.6) is 0 Å². The van der Waals surface area contributed by atoms with Gasteiger partial charge in [0.05, 0.1) is 29.5 Å². The maximum Gasteiger partial charge on any atom is 0.349 e. The molecule has 0 aliphatic carbocycles. The van der Waals surface area contributed by atoms with Crippen LogP contribution in [-0.2, 0) is 23.8 Å². The summed E-state index contributed by atoms with van der Waals surface area (Å²) in [5.41, 5.74) is -0.0135. The minimum Gasteiger partial charge on any atom is -0.478 e. The number of anilines is 1. The summed E-state index contributed by atoms with van der Waals surface area (Å²) in [5.74, 6) is -5.73. The number of amides is 1. The van der Waals surface area contributed by atoms with Crippen LogP contribution in [0, 0.1) is 0 Å². The third kappa shape index (κ3) is 6.32. The van der Waals surface area contributed by atoms with Gasteiger partial charge in [-0.05, 0) is 36.4 Å². The molecule has 0 unspecified atom stereocenters. The van der Waals surface area contributed by atoms with Crippen LogP contribution >= 0.6 is 0 Å². The molecule has 184 valence electrons. The average Bonchev–Trinajstić information content (AvgIpc) is 2.91. The number of nitrogens with one attached hydrogen (secondary N) is 1. The number of esters is 3. The van der Waals surface area contributed by atoms with Crippen LogP contribution in [0.15, 0.2) is 84.9 Å². The number of hydrogen-bond acceptors (Lipinski definition) is 8. The molecule has 0 radical (unpaired) electrons. The normalized spacial score (nSPS) is 11.9. The molecule has 36 heavy (non-hydrogen) atoms. The van der Waals surface area contributed by atoms with Crippen molar-refractivity contribution in [3.8, 4) is 0 Å². The van der Waals surface area contributed by atoms with Crippen molar-refractivity contribution >= 4 is 35.5 Å². The Morgan fingerprint density at radius 2 is 1.14 bits per heavy atom. The number of para-hydroxylation sites is 1. The first-order chi connectivity index (χ1) is 17.3. The van der Waals surface area contributed by atoms with Crippen LogP contribution < -0.4 is 5.32 Å². The summed E-state index contributed by atoms with van der Waals surface area (Å²) in [4.78, 5) is 62.6. The van der Waals surface area contributed by atoms with Gasteiger partial charge in [-0.3, -0.25) is 4.79 Å². The van der Waals surface area contributed by atoms with E-state index < -0.39 is 42.0 Å². The molecule has 3 aromatic rings. The zero-order valence-electron chi connectivity index (χ0n) is 19.0. The third-order valence-corrected chi connectivity index (χ3v) is 4.85. The summed E-state index contributed by atoms with van der Waals surface area (Å²) in [6.07, 6.45) is -4.33. The summed E-state index contributed by atoms with van der Waals surface area (Å²) >= 11 is 0. The SMILES string of the molecule is COC(=O)c1ccccc1NC(=O)[C@@H](OC(=O)c1ccccc1)[C@@H](OC(=O)c1ccccc1)C(=O)O. The monoisotopic (exact) mass is 491 g/mol. The molecular formula is C26H21NO9. The molecule has 1 amide bonds. The molecule has 10 heteroatoms. The molecule has 10 nitrogen and oxygen atoms in total. The van der Waals surface area contributed by atoms with E-state index in [0.29, 0.717) is 0 Å². The standard InChI is InChI=1S/C26H21NO9/c1-34-26(33)18-14-8-9-15-19(18)27-22(28)20(35-24(31)16-10-4-2-5-11-16)21(23(29)30)36-25(32)17-12-6-3-7-13-17/h2-15,20-21H,1H3,(H,27,28)(H,29,30)/t20-,21+/m0/s1. The van der Waals surface area contributed by atoms with Gasteiger partial charge in [-0.2, -0.15) is 0 Å². The van der Waals surface area contributed by atoms with Gasteiger partial charge < -0.3 is 24.6 Å². The smallest absolute Gasteiger partial charge is 0.349 e. The highest BCUT2D eigenvalue weighted by Crippen LogP contribution is 2.19. The van der Waals surface area contributed by atoms with Gasteiger partial charge in [0.25, 0.3) is 5.91 Å².